The summed E-state index contributed by atoms with van der Waals surface area (Å²) in [5, 5.41) is 0.714. The summed E-state index contributed by atoms with van der Waals surface area (Å²) < 4.78 is 14.8. The number of hydrogen-bond donors (Lipinski definition) is 0. The summed E-state index contributed by atoms with van der Waals surface area (Å²) in [6.07, 6.45) is 0. The largest absolute Gasteiger partial charge is 0.236 e. The van der Waals surface area contributed by atoms with E-state index in [2.05, 4.69) is 20.9 Å². The molecule has 0 atom stereocenters. The first-order valence-electron chi connectivity index (χ1n) is 6.14. The topological polar surface area (TPSA) is 12.9 Å². The minimum atomic E-state index is -0.236. The van der Waals surface area contributed by atoms with Gasteiger partial charge in [-0.1, -0.05) is 46.3 Å². The molecule has 1 heterocycles. The van der Waals surface area contributed by atoms with E-state index in [-0.39, 0.29) is 5.82 Å². The Morgan fingerprint density at radius 2 is 1.65 bits per heavy atom. The van der Waals surface area contributed by atoms with Gasteiger partial charge >= 0.3 is 0 Å². The number of aryl methyl sites for hydroxylation is 1. The van der Waals surface area contributed by atoms with Crippen molar-refractivity contribution in [3.8, 4) is 21.8 Å². The lowest BCUT2D eigenvalue weighted by Crippen LogP contribution is -1.84. The Balaban J connectivity index is 2.13. The van der Waals surface area contributed by atoms with Gasteiger partial charge in [0.2, 0.25) is 0 Å². The van der Waals surface area contributed by atoms with E-state index in [4.69, 9.17) is 0 Å². The summed E-state index contributed by atoms with van der Waals surface area (Å²) in [5.74, 6) is -0.236. The van der Waals surface area contributed by atoms with Crippen LogP contribution in [0.15, 0.2) is 53.0 Å². The SMILES string of the molecule is Cc1sc(-c2ccccc2F)nc1-c1ccccc1Br. The molecule has 0 amide bonds. The second-order valence-electron chi connectivity index (χ2n) is 4.38. The molecule has 1 aromatic heterocycles. The highest BCUT2D eigenvalue weighted by molar-refractivity contribution is 9.10. The lowest BCUT2D eigenvalue weighted by atomic mass is 10.1. The van der Waals surface area contributed by atoms with E-state index < -0.39 is 0 Å². The van der Waals surface area contributed by atoms with Gasteiger partial charge in [-0.2, -0.15) is 0 Å². The van der Waals surface area contributed by atoms with E-state index >= 15 is 0 Å². The summed E-state index contributed by atoms with van der Waals surface area (Å²) in [7, 11) is 0. The molecule has 0 unspecified atom stereocenters. The fraction of sp³-hybridized carbons (Fsp3) is 0.0625. The maximum absolute atomic E-state index is 13.9. The molecule has 0 N–H and O–H groups in total. The van der Waals surface area contributed by atoms with E-state index in [1.807, 2.05) is 37.3 Å². The third kappa shape index (κ3) is 2.41. The lowest BCUT2D eigenvalue weighted by molar-refractivity contribution is 0.631. The van der Waals surface area contributed by atoms with Gasteiger partial charge in [0.05, 0.1) is 5.69 Å². The smallest absolute Gasteiger partial charge is 0.133 e. The highest BCUT2D eigenvalue weighted by atomic mass is 79.9. The number of aromatic nitrogens is 1. The van der Waals surface area contributed by atoms with Gasteiger partial charge in [-0.25, -0.2) is 9.37 Å². The van der Waals surface area contributed by atoms with Crippen LogP contribution in [-0.2, 0) is 0 Å². The number of rotatable bonds is 2. The molecule has 0 saturated heterocycles. The van der Waals surface area contributed by atoms with Gasteiger partial charge in [-0.15, -0.1) is 11.3 Å². The van der Waals surface area contributed by atoms with Crippen LogP contribution in [0.3, 0.4) is 0 Å². The number of hydrogen-bond acceptors (Lipinski definition) is 2. The second kappa shape index (κ2) is 5.46. The Morgan fingerprint density at radius 1 is 1.00 bits per heavy atom. The highest BCUT2D eigenvalue weighted by Gasteiger charge is 2.15. The van der Waals surface area contributed by atoms with Crippen molar-refractivity contribution in [3.05, 3.63) is 63.7 Å². The minimum Gasteiger partial charge on any atom is -0.236 e. The van der Waals surface area contributed by atoms with Crippen molar-refractivity contribution in [1.82, 2.24) is 4.98 Å². The van der Waals surface area contributed by atoms with Crippen LogP contribution < -0.4 is 0 Å². The average Bonchev–Trinajstić information content (AvgIpc) is 2.81. The zero-order valence-electron chi connectivity index (χ0n) is 10.7. The molecule has 0 radical (unpaired) electrons. The van der Waals surface area contributed by atoms with Crippen LogP contribution in [0.4, 0.5) is 4.39 Å². The van der Waals surface area contributed by atoms with Gasteiger partial charge < -0.3 is 0 Å². The van der Waals surface area contributed by atoms with Crippen molar-refractivity contribution in [1.29, 1.82) is 0 Å². The number of nitrogens with zero attached hydrogens (tertiary/aromatic N) is 1. The van der Waals surface area contributed by atoms with Crippen LogP contribution >= 0.6 is 27.3 Å². The van der Waals surface area contributed by atoms with Gasteiger partial charge in [-0.3, -0.25) is 0 Å². The minimum absolute atomic E-state index is 0.236. The lowest BCUT2D eigenvalue weighted by Gasteiger charge is -2.01. The Labute approximate surface area is 129 Å². The quantitative estimate of drug-likeness (QED) is 0.580. The van der Waals surface area contributed by atoms with Crippen molar-refractivity contribution in [2.24, 2.45) is 0 Å². The summed E-state index contributed by atoms with van der Waals surface area (Å²) >= 11 is 5.05. The van der Waals surface area contributed by atoms with Crippen molar-refractivity contribution < 1.29 is 4.39 Å². The molecule has 3 rings (SSSR count). The summed E-state index contributed by atoms with van der Waals surface area (Å²) in [6, 6.07) is 14.7. The molecule has 0 aliphatic carbocycles. The monoisotopic (exact) mass is 347 g/mol. The molecule has 0 aliphatic heterocycles. The zero-order chi connectivity index (χ0) is 14.1. The van der Waals surface area contributed by atoms with Crippen molar-refractivity contribution in [2.45, 2.75) is 6.92 Å². The summed E-state index contributed by atoms with van der Waals surface area (Å²) in [5.41, 5.74) is 2.49. The van der Waals surface area contributed by atoms with Crippen LogP contribution in [0, 0.1) is 12.7 Å². The Kier molecular flexibility index (Phi) is 3.68. The predicted molar refractivity (Wildman–Crippen MR) is 85.4 cm³/mol. The molecule has 0 fully saturated rings. The Hall–Kier alpha value is -1.52. The first-order chi connectivity index (χ1) is 9.66. The molecule has 2 aromatic carbocycles. The van der Waals surface area contributed by atoms with E-state index in [0.717, 1.165) is 20.6 Å². The van der Waals surface area contributed by atoms with E-state index in [9.17, 15) is 4.39 Å². The normalized spacial score (nSPS) is 10.8. The molecule has 4 heteroatoms. The van der Waals surface area contributed by atoms with Crippen LogP contribution in [0.25, 0.3) is 21.8 Å². The molecule has 0 saturated carbocycles. The molecule has 1 nitrogen and oxygen atoms in total. The zero-order valence-corrected chi connectivity index (χ0v) is 13.1. The van der Waals surface area contributed by atoms with Crippen LogP contribution in [-0.4, -0.2) is 4.98 Å². The van der Waals surface area contributed by atoms with Crippen molar-refractivity contribution in [2.75, 3.05) is 0 Å². The highest BCUT2D eigenvalue weighted by Crippen LogP contribution is 2.36. The van der Waals surface area contributed by atoms with Gasteiger partial charge in [-0.05, 0) is 25.1 Å². The van der Waals surface area contributed by atoms with Crippen LogP contribution in [0.2, 0.25) is 0 Å². The molecule has 3 aromatic rings. The van der Waals surface area contributed by atoms with Gasteiger partial charge in [0, 0.05) is 20.5 Å². The van der Waals surface area contributed by atoms with Gasteiger partial charge in [0.1, 0.15) is 10.8 Å². The molecular weight excluding hydrogens is 337 g/mol. The molecule has 0 aliphatic rings. The molecule has 100 valence electrons. The molecule has 0 bridgehead atoms. The van der Waals surface area contributed by atoms with Gasteiger partial charge in [0.15, 0.2) is 0 Å². The van der Waals surface area contributed by atoms with Crippen molar-refractivity contribution in [3.63, 3.8) is 0 Å². The van der Waals surface area contributed by atoms with E-state index in [1.54, 1.807) is 12.1 Å². The number of benzene rings is 2. The maximum atomic E-state index is 13.9. The first-order valence-corrected chi connectivity index (χ1v) is 7.75. The fourth-order valence-corrected chi connectivity index (χ4v) is 3.48. The fourth-order valence-electron chi connectivity index (χ4n) is 2.05. The van der Waals surface area contributed by atoms with Crippen LogP contribution in [0.1, 0.15) is 4.88 Å². The van der Waals surface area contributed by atoms with Gasteiger partial charge in [0.25, 0.3) is 0 Å². The van der Waals surface area contributed by atoms with Crippen molar-refractivity contribution >= 4 is 27.3 Å². The van der Waals surface area contributed by atoms with E-state index in [1.165, 1.54) is 17.4 Å². The summed E-state index contributed by atoms with van der Waals surface area (Å²) in [4.78, 5) is 5.70. The Morgan fingerprint density at radius 3 is 2.35 bits per heavy atom. The third-order valence-corrected chi connectivity index (χ3v) is 4.73. The Bertz CT molecular complexity index is 767. The van der Waals surface area contributed by atoms with E-state index in [0.29, 0.717) is 10.6 Å². The standard InChI is InChI=1S/C16H11BrFNS/c1-10-15(11-6-2-4-8-13(11)17)19-16(20-10)12-7-3-5-9-14(12)18/h2-9H,1H3. The summed E-state index contributed by atoms with van der Waals surface area (Å²) in [6.45, 7) is 2.01. The molecule has 20 heavy (non-hydrogen) atoms. The number of halogens is 2. The average molecular weight is 348 g/mol. The molecular formula is C16H11BrFNS. The van der Waals surface area contributed by atoms with Crippen LogP contribution in [0.5, 0.6) is 0 Å². The predicted octanol–water partition coefficient (Wildman–Crippen LogP) is 5.69. The maximum Gasteiger partial charge on any atom is 0.133 e. The third-order valence-electron chi connectivity index (χ3n) is 3.03. The molecule has 0 spiro atoms. The first kappa shape index (κ1) is 13.5. The number of thiazole rings is 1. The second-order valence-corrected chi connectivity index (χ2v) is 6.44.